The van der Waals surface area contributed by atoms with E-state index in [1.54, 1.807) is 12.4 Å². The number of pyridine rings is 1. The summed E-state index contributed by atoms with van der Waals surface area (Å²) in [6.07, 6.45) is 6.13. The minimum Gasteiger partial charge on any atom is -0.385 e. The predicted octanol–water partition coefficient (Wildman–Crippen LogP) is 1.32. The summed E-state index contributed by atoms with van der Waals surface area (Å²) in [5.41, 5.74) is 0.00269. The molecular formula is C16H22N2O3. The van der Waals surface area contributed by atoms with Gasteiger partial charge in [0, 0.05) is 50.7 Å². The number of carbonyl (C=O) groups is 1. The fourth-order valence-electron chi connectivity index (χ4n) is 3.17. The molecular weight excluding hydrogens is 268 g/mol. The molecule has 2 saturated heterocycles. The molecule has 1 amide bonds. The molecule has 1 aromatic rings. The lowest BCUT2D eigenvalue weighted by Gasteiger charge is -2.38. The standard InChI is InChI=1S/C16H22N2O3/c19-15(10-13-3-9-21-12-13)18-7-4-16(20,5-8-18)14-2-1-6-17-11-14/h1-2,6,11,13,20H,3-5,7-10,12H2. The van der Waals surface area contributed by atoms with Gasteiger partial charge in [0.1, 0.15) is 0 Å². The van der Waals surface area contributed by atoms with Gasteiger partial charge in [-0.3, -0.25) is 9.78 Å². The molecule has 2 aliphatic heterocycles. The monoisotopic (exact) mass is 290 g/mol. The van der Waals surface area contributed by atoms with Crippen molar-refractivity contribution in [1.82, 2.24) is 9.88 Å². The van der Waals surface area contributed by atoms with Crippen LogP contribution < -0.4 is 0 Å². The van der Waals surface area contributed by atoms with E-state index in [1.165, 1.54) is 0 Å². The van der Waals surface area contributed by atoms with E-state index >= 15 is 0 Å². The molecule has 3 rings (SSSR count). The van der Waals surface area contributed by atoms with Crippen LogP contribution in [0.5, 0.6) is 0 Å². The van der Waals surface area contributed by atoms with E-state index in [-0.39, 0.29) is 5.91 Å². The summed E-state index contributed by atoms with van der Waals surface area (Å²) < 4.78 is 5.32. The van der Waals surface area contributed by atoms with Crippen molar-refractivity contribution in [3.8, 4) is 0 Å². The molecule has 114 valence electrons. The highest BCUT2D eigenvalue weighted by Gasteiger charge is 2.36. The van der Waals surface area contributed by atoms with Crippen molar-refractivity contribution in [1.29, 1.82) is 0 Å². The van der Waals surface area contributed by atoms with E-state index in [1.807, 2.05) is 17.0 Å². The second-order valence-electron chi connectivity index (χ2n) is 6.09. The van der Waals surface area contributed by atoms with Crippen LogP contribution in [0.15, 0.2) is 24.5 Å². The van der Waals surface area contributed by atoms with E-state index < -0.39 is 5.60 Å². The third-order valence-corrected chi connectivity index (χ3v) is 4.63. The zero-order valence-corrected chi connectivity index (χ0v) is 12.2. The molecule has 0 aliphatic carbocycles. The van der Waals surface area contributed by atoms with Gasteiger partial charge in [0.2, 0.25) is 5.91 Å². The summed E-state index contributed by atoms with van der Waals surface area (Å²) >= 11 is 0. The first-order chi connectivity index (χ1) is 10.2. The SMILES string of the molecule is O=C(CC1CCOC1)N1CCC(O)(c2cccnc2)CC1. The van der Waals surface area contributed by atoms with Gasteiger partial charge in [-0.25, -0.2) is 0 Å². The van der Waals surface area contributed by atoms with E-state index in [2.05, 4.69) is 4.98 Å². The Morgan fingerprint density at radius 2 is 2.29 bits per heavy atom. The maximum Gasteiger partial charge on any atom is 0.222 e. The molecule has 2 fully saturated rings. The van der Waals surface area contributed by atoms with Crippen LogP contribution in [0, 0.1) is 5.92 Å². The van der Waals surface area contributed by atoms with Gasteiger partial charge in [-0.05, 0) is 31.2 Å². The van der Waals surface area contributed by atoms with Crippen molar-refractivity contribution in [2.45, 2.75) is 31.3 Å². The summed E-state index contributed by atoms with van der Waals surface area (Å²) in [4.78, 5) is 18.2. The van der Waals surface area contributed by atoms with Crippen molar-refractivity contribution >= 4 is 5.91 Å². The van der Waals surface area contributed by atoms with Crippen molar-refractivity contribution in [3.63, 3.8) is 0 Å². The van der Waals surface area contributed by atoms with Crippen LogP contribution in [-0.2, 0) is 15.1 Å². The zero-order chi connectivity index (χ0) is 14.7. The van der Waals surface area contributed by atoms with E-state index in [9.17, 15) is 9.90 Å². The van der Waals surface area contributed by atoms with E-state index in [0.717, 1.165) is 18.6 Å². The molecule has 1 N–H and O–H groups in total. The third kappa shape index (κ3) is 3.24. The first-order valence-electron chi connectivity index (χ1n) is 7.66. The van der Waals surface area contributed by atoms with Crippen molar-refractivity contribution in [3.05, 3.63) is 30.1 Å². The summed E-state index contributed by atoms with van der Waals surface area (Å²) in [6, 6.07) is 3.74. The number of hydrogen-bond acceptors (Lipinski definition) is 4. The summed E-state index contributed by atoms with van der Waals surface area (Å²) in [5, 5.41) is 10.7. The highest BCUT2D eigenvalue weighted by atomic mass is 16.5. The molecule has 0 saturated carbocycles. The van der Waals surface area contributed by atoms with Crippen LogP contribution in [0.4, 0.5) is 0 Å². The highest BCUT2D eigenvalue weighted by molar-refractivity contribution is 5.76. The number of likely N-dealkylation sites (tertiary alicyclic amines) is 1. The zero-order valence-electron chi connectivity index (χ0n) is 12.2. The van der Waals surface area contributed by atoms with Crippen molar-refractivity contribution < 1.29 is 14.6 Å². The van der Waals surface area contributed by atoms with Crippen LogP contribution in [0.1, 0.15) is 31.2 Å². The molecule has 21 heavy (non-hydrogen) atoms. The van der Waals surface area contributed by atoms with Gasteiger partial charge in [-0.15, -0.1) is 0 Å². The first kappa shape index (κ1) is 14.5. The Morgan fingerprint density at radius 1 is 1.48 bits per heavy atom. The van der Waals surface area contributed by atoms with Crippen LogP contribution in [0.25, 0.3) is 0 Å². The van der Waals surface area contributed by atoms with Crippen molar-refractivity contribution in [2.75, 3.05) is 26.3 Å². The highest BCUT2D eigenvalue weighted by Crippen LogP contribution is 2.32. The van der Waals surface area contributed by atoms with Gasteiger partial charge in [0.25, 0.3) is 0 Å². The van der Waals surface area contributed by atoms with Gasteiger partial charge in [0.15, 0.2) is 0 Å². The fourth-order valence-corrected chi connectivity index (χ4v) is 3.17. The summed E-state index contributed by atoms with van der Waals surface area (Å²) in [5.74, 6) is 0.565. The molecule has 0 radical (unpaired) electrons. The molecule has 1 aromatic heterocycles. The van der Waals surface area contributed by atoms with Gasteiger partial charge in [-0.2, -0.15) is 0 Å². The molecule has 5 nitrogen and oxygen atoms in total. The predicted molar refractivity (Wildman–Crippen MR) is 77.5 cm³/mol. The largest absolute Gasteiger partial charge is 0.385 e. The lowest BCUT2D eigenvalue weighted by molar-refractivity contribution is -0.136. The van der Waals surface area contributed by atoms with Crippen LogP contribution in [0.2, 0.25) is 0 Å². The number of rotatable bonds is 3. The second kappa shape index (κ2) is 6.12. The van der Waals surface area contributed by atoms with Crippen molar-refractivity contribution in [2.24, 2.45) is 5.92 Å². The minimum atomic E-state index is -0.846. The molecule has 5 heteroatoms. The van der Waals surface area contributed by atoms with Crippen LogP contribution in [-0.4, -0.2) is 47.2 Å². The number of aromatic nitrogens is 1. The van der Waals surface area contributed by atoms with Gasteiger partial charge in [0.05, 0.1) is 5.60 Å². The molecule has 1 unspecified atom stereocenters. The summed E-state index contributed by atoms with van der Waals surface area (Å²) in [6.45, 7) is 2.70. The maximum absolute atomic E-state index is 12.3. The van der Waals surface area contributed by atoms with E-state index in [4.69, 9.17) is 4.74 Å². The first-order valence-corrected chi connectivity index (χ1v) is 7.66. The summed E-state index contributed by atoms with van der Waals surface area (Å²) in [7, 11) is 0. The fraction of sp³-hybridized carbons (Fsp3) is 0.625. The minimum absolute atomic E-state index is 0.193. The van der Waals surface area contributed by atoms with Gasteiger partial charge in [-0.1, -0.05) is 6.07 Å². The Hall–Kier alpha value is -1.46. The molecule has 1 atom stereocenters. The Labute approximate surface area is 124 Å². The normalized spacial score (nSPS) is 25.0. The number of carbonyl (C=O) groups excluding carboxylic acids is 1. The Morgan fingerprint density at radius 3 is 2.90 bits per heavy atom. The topological polar surface area (TPSA) is 62.7 Å². The molecule has 2 aliphatic rings. The van der Waals surface area contributed by atoms with Crippen LogP contribution in [0.3, 0.4) is 0 Å². The lowest BCUT2D eigenvalue weighted by Crippen LogP contribution is -2.45. The Bertz CT molecular complexity index is 478. The maximum atomic E-state index is 12.3. The lowest BCUT2D eigenvalue weighted by atomic mass is 9.85. The number of ether oxygens (including phenoxy) is 1. The number of amides is 1. The molecule has 0 spiro atoms. The number of aliphatic hydroxyl groups is 1. The van der Waals surface area contributed by atoms with E-state index in [0.29, 0.717) is 44.9 Å². The Balaban J connectivity index is 1.56. The number of piperidine rings is 1. The Kier molecular flexibility index (Phi) is 4.22. The number of nitrogens with zero attached hydrogens (tertiary/aromatic N) is 2. The second-order valence-corrected chi connectivity index (χ2v) is 6.09. The smallest absolute Gasteiger partial charge is 0.222 e. The van der Waals surface area contributed by atoms with Gasteiger partial charge < -0.3 is 14.7 Å². The quantitative estimate of drug-likeness (QED) is 0.912. The molecule has 3 heterocycles. The average molecular weight is 290 g/mol. The molecule has 0 bridgehead atoms. The molecule has 0 aromatic carbocycles. The van der Waals surface area contributed by atoms with Crippen LogP contribution >= 0.6 is 0 Å². The van der Waals surface area contributed by atoms with Gasteiger partial charge >= 0.3 is 0 Å². The third-order valence-electron chi connectivity index (χ3n) is 4.63. The number of hydrogen-bond donors (Lipinski definition) is 1. The average Bonchev–Trinajstić information content (AvgIpc) is 3.02.